The van der Waals surface area contributed by atoms with Crippen molar-refractivity contribution >= 4 is 28.8 Å². The van der Waals surface area contributed by atoms with Gasteiger partial charge < -0.3 is 10.6 Å². The highest BCUT2D eigenvalue weighted by atomic mass is 32.1. The lowest BCUT2D eigenvalue weighted by Gasteiger charge is -2.04. The average molecular weight is 379 g/mol. The number of benzene rings is 2. The average Bonchev–Trinajstić information content (AvgIpc) is 3.11. The second-order valence-corrected chi connectivity index (χ2v) is 7.13. The second kappa shape index (κ2) is 8.60. The zero-order valence-corrected chi connectivity index (χ0v) is 16.1. The van der Waals surface area contributed by atoms with Crippen molar-refractivity contribution in [3.8, 4) is 10.6 Å². The van der Waals surface area contributed by atoms with Gasteiger partial charge >= 0.3 is 0 Å². The molecule has 6 heteroatoms. The van der Waals surface area contributed by atoms with Crippen LogP contribution in [0.5, 0.6) is 0 Å². The van der Waals surface area contributed by atoms with Gasteiger partial charge in [-0.1, -0.05) is 17.7 Å². The van der Waals surface area contributed by atoms with Crippen molar-refractivity contribution in [3.63, 3.8) is 0 Å². The first kappa shape index (κ1) is 18.8. The maximum Gasteiger partial charge on any atom is 0.251 e. The van der Waals surface area contributed by atoms with Gasteiger partial charge in [-0.25, -0.2) is 4.98 Å². The van der Waals surface area contributed by atoms with E-state index in [1.54, 1.807) is 11.3 Å². The number of nitrogens with one attached hydrogen (secondary N) is 2. The molecule has 2 N–H and O–H groups in total. The summed E-state index contributed by atoms with van der Waals surface area (Å²) in [6, 6.07) is 15.1. The quantitative estimate of drug-likeness (QED) is 0.679. The number of thiazole rings is 1. The molecule has 1 heterocycles. The van der Waals surface area contributed by atoms with Gasteiger partial charge in [0.15, 0.2) is 0 Å². The summed E-state index contributed by atoms with van der Waals surface area (Å²) in [6.07, 6.45) is 0.679. The highest BCUT2D eigenvalue weighted by Gasteiger charge is 2.07. The minimum atomic E-state index is -0.0908. The fraction of sp³-hybridized carbons (Fsp3) is 0.190. The minimum Gasteiger partial charge on any atom is -0.352 e. The summed E-state index contributed by atoms with van der Waals surface area (Å²) in [4.78, 5) is 27.8. The van der Waals surface area contributed by atoms with Gasteiger partial charge in [0.2, 0.25) is 5.91 Å². The van der Waals surface area contributed by atoms with E-state index in [2.05, 4.69) is 15.6 Å². The Labute approximate surface area is 162 Å². The molecule has 138 valence electrons. The fourth-order valence-corrected chi connectivity index (χ4v) is 3.43. The lowest BCUT2D eigenvalue weighted by Crippen LogP contribution is -2.25. The van der Waals surface area contributed by atoms with Crippen LogP contribution < -0.4 is 10.6 Å². The number of hydrogen-bond donors (Lipinski definition) is 2. The lowest BCUT2D eigenvalue weighted by atomic mass is 10.1. The third-order valence-corrected chi connectivity index (χ3v) is 4.92. The van der Waals surface area contributed by atoms with Crippen LogP contribution in [0, 0.1) is 6.92 Å². The van der Waals surface area contributed by atoms with Crippen LogP contribution in [0.15, 0.2) is 53.9 Å². The highest BCUT2D eigenvalue weighted by molar-refractivity contribution is 7.13. The molecule has 3 aromatic rings. The largest absolute Gasteiger partial charge is 0.352 e. The molecule has 27 heavy (non-hydrogen) atoms. The molecule has 3 rings (SSSR count). The molecule has 0 spiro atoms. The molecule has 0 unspecified atom stereocenters. The Hall–Kier alpha value is -2.99. The molecule has 1 aromatic heterocycles. The molecular weight excluding hydrogens is 358 g/mol. The lowest BCUT2D eigenvalue weighted by molar-refractivity contribution is -0.114. The topological polar surface area (TPSA) is 71.1 Å². The Kier molecular flexibility index (Phi) is 5.98. The number of carbonyl (C=O) groups excluding carboxylic acids is 2. The Bertz CT molecular complexity index is 931. The van der Waals surface area contributed by atoms with Crippen molar-refractivity contribution in [3.05, 3.63) is 70.7 Å². The van der Waals surface area contributed by atoms with E-state index in [0.29, 0.717) is 18.5 Å². The van der Waals surface area contributed by atoms with E-state index in [9.17, 15) is 9.59 Å². The number of hydrogen-bond acceptors (Lipinski definition) is 4. The first-order valence-electron chi connectivity index (χ1n) is 8.68. The van der Waals surface area contributed by atoms with E-state index in [1.165, 1.54) is 6.92 Å². The molecule has 0 saturated carbocycles. The monoisotopic (exact) mass is 379 g/mol. The molecular formula is C21H21N3O2S. The summed E-state index contributed by atoms with van der Waals surface area (Å²) < 4.78 is 0. The molecule has 0 saturated heterocycles. The van der Waals surface area contributed by atoms with Crippen LogP contribution in [-0.2, 0) is 11.2 Å². The summed E-state index contributed by atoms with van der Waals surface area (Å²) in [5.41, 5.74) is 4.52. The van der Waals surface area contributed by atoms with Crippen molar-refractivity contribution in [2.75, 3.05) is 11.9 Å². The molecule has 0 aliphatic carbocycles. The number of rotatable bonds is 6. The highest BCUT2D eigenvalue weighted by Crippen LogP contribution is 2.25. The number of aryl methyl sites for hydroxylation is 1. The standard InChI is InChI=1S/C21H21N3O2S/c1-14-3-5-16(6-4-14)20(26)22-12-11-19-13-27-21(24-19)17-7-9-18(10-8-17)23-15(2)25/h3-10,13H,11-12H2,1-2H3,(H,22,26)(H,23,25). The summed E-state index contributed by atoms with van der Waals surface area (Å²) in [5.74, 6) is -0.161. The summed E-state index contributed by atoms with van der Waals surface area (Å²) in [7, 11) is 0. The normalized spacial score (nSPS) is 10.4. The van der Waals surface area contributed by atoms with Crippen LogP contribution in [-0.4, -0.2) is 23.3 Å². The van der Waals surface area contributed by atoms with E-state index < -0.39 is 0 Å². The summed E-state index contributed by atoms with van der Waals surface area (Å²) in [6.45, 7) is 4.02. The Morgan fingerprint density at radius 2 is 1.74 bits per heavy atom. The number of nitrogens with zero attached hydrogens (tertiary/aromatic N) is 1. The third kappa shape index (κ3) is 5.24. The molecule has 0 aliphatic rings. The van der Waals surface area contributed by atoms with Crippen LogP contribution in [0.1, 0.15) is 28.5 Å². The number of aromatic nitrogens is 1. The zero-order chi connectivity index (χ0) is 19.2. The number of amides is 2. The zero-order valence-electron chi connectivity index (χ0n) is 15.3. The second-order valence-electron chi connectivity index (χ2n) is 6.27. The van der Waals surface area contributed by atoms with Gasteiger partial charge in [0.05, 0.1) is 5.69 Å². The molecule has 0 atom stereocenters. The number of carbonyl (C=O) groups is 2. The predicted molar refractivity (Wildman–Crippen MR) is 109 cm³/mol. The smallest absolute Gasteiger partial charge is 0.251 e. The van der Waals surface area contributed by atoms with Crippen molar-refractivity contribution in [2.45, 2.75) is 20.3 Å². The maximum absolute atomic E-state index is 12.1. The molecule has 0 radical (unpaired) electrons. The van der Waals surface area contributed by atoms with E-state index >= 15 is 0 Å². The fourth-order valence-electron chi connectivity index (χ4n) is 2.56. The van der Waals surface area contributed by atoms with Gasteiger partial charge in [0.1, 0.15) is 5.01 Å². The Balaban J connectivity index is 1.54. The molecule has 0 bridgehead atoms. The predicted octanol–water partition coefficient (Wildman–Crippen LogP) is 4.05. The Morgan fingerprint density at radius 1 is 1.04 bits per heavy atom. The summed E-state index contributed by atoms with van der Waals surface area (Å²) >= 11 is 1.57. The molecule has 0 aliphatic heterocycles. The molecule has 2 aromatic carbocycles. The summed E-state index contributed by atoms with van der Waals surface area (Å²) in [5, 5.41) is 8.60. The van der Waals surface area contributed by atoms with Crippen LogP contribution in [0.2, 0.25) is 0 Å². The van der Waals surface area contributed by atoms with Crippen LogP contribution in [0.25, 0.3) is 10.6 Å². The van der Waals surface area contributed by atoms with Crippen molar-refractivity contribution in [1.29, 1.82) is 0 Å². The van der Waals surface area contributed by atoms with Crippen molar-refractivity contribution < 1.29 is 9.59 Å². The number of anilines is 1. The van der Waals surface area contributed by atoms with E-state index in [1.807, 2.05) is 60.8 Å². The van der Waals surface area contributed by atoms with Gasteiger partial charge in [-0.15, -0.1) is 11.3 Å². The molecule has 0 fully saturated rings. The van der Waals surface area contributed by atoms with Gasteiger partial charge in [0, 0.05) is 42.1 Å². The third-order valence-electron chi connectivity index (χ3n) is 3.98. The minimum absolute atomic E-state index is 0.0704. The van der Waals surface area contributed by atoms with Crippen LogP contribution >= 0.6 is 11.3 Å². The first-order valence-corrected chi connectivity index (χ1v) is 9.56. The molecule has 2 amide bonds. The van der Waals surface area contributed by atoms with Crippen LogP contribution in [0.4, 0.5) is 5.69 Å². The van der Waals surface area contributed by atoms with Crippen molar-refractivity contribution in [2.24, 2.45) is 0 Å². The Morgan fingerprint density at radius 3 is 2.41 bits per heavy atom. The molecule has 5 nitrogen and oxygen atoms in total. The van der Waals surface area contributed by atoms with Crippen molar-refractivity contribution in [1.82, 2.24) is 10.3 Å². The van der Waals surface area contributed by atoms with E-state index in [4.69, 9.17) is 0 Å². The van der Waals surface area contributed by atoms with Gasteiger partial charge in [-0.3, -0.25) is 9.59 Å². The maximum atomic E-state index is 12.1. The van der Waals surface area contributed by atoms with Gasteiger partial charge in [-0.05, 0) is 43.3 Å². The van der Waals surface area contributed by atoms with E-state index in [0.717, 1.165) is 27.5 Å². The van der Waals surface area contributed by atoms with Gasteiger partial charge in [-0.2, -0.15) is 0 Å². The first-order chi connectivity index (χ1) is 13.0. The van der Waals surface area contributed by atoms with Gasteiger partial charge in [0.25, 0.3) is 5.91 Å². The van der Waals surface area contributed by atoms with E-state index in [-0.39, 0.29) is 11.8 Å². The SMILES string of the molecule is CC(=O)Nc1ccc(-c2nc(CCNC(=O)c3ccc(C)cc3)cs2)cc1. The van der Waals surface area contributed by atoms with Crippen LogP contribution in [0.3, 0.4) is 0 Å².